The number of amides is 1. The summed E-state index contributed by atoms with van der Waals surface area (Å²) in [6, 6.07) is 14.9. The fourth-order valence-electron chi connectivity index (χ4n) is 2.49. The molecular formula is C19H19N3O3. The Hall–Kier alpha value is -3.15. The van der Waals surface area contributed by atoms with Gasteiger partial charge in [-0.05, 0) is 30.7 Å². The molecule has 0 unspecified atom stereocenters. The third-order valence-corrected chi connectivity index (χ3v) is 3.82. The molecule has 1 N–H and O–H groups in total. The number of aryl methyl sites for hydroxylation is 1. The number of nitrogens with one attached hydrogen (secondary N) is 1. The van der Waals surface area contributed by atoms with Crippen LogP contribution in [0.25, 0.3) is 11.5 Å². The Balaban J connectivity index is 1.60. The van der Waals surface area contributed by atoms with Crippen LogP contribution in [-0.4, -0.2) is 29.8 Å². The van der Waals surface area contributed by atoms with E-state index in [0.29, 0.717) is 36.1 Å². The Bertz CT molecular complexity index is 874. The van der Waals surface area contributed by atoms with Crippen molar-refractivity contribution in [3.63, 3.8) is 0 Å². The van der Waals surface area contributed by atoms with E-state index in [1.54, 1.807) is 18.2 Å². The maximum atomic E-state index is 12.2. The topological polar surface area (TPSA) is 77.2 Å². The summed E-state index contributed by atoms with van der Waals surface area (Å²) in [6.45, 7) is 2.39. The van der Waals surface area contributed by atoms with Crippen molar-refractivity contribution in [3.8, 4) is 17.2 Å². The van der Waals surface area contributed by atoms with E-state index in [-0.39, 0.29) is 5.91 Å². The molecule has 6 nitrogen and oxygen atoms in total. The van der Waals surface area contributed by atoms with E-state index in [1.807, 2.05) is 37.3 Å². The molecule has 0 bridgehead atoms. The highest BCUT2D eigenvalue weighted by atomic mass is 16.5. The minimum atomic E-state index is -0.198. The van der Waals surface area contributed by atoms with E-state index in [9.17, 15) is 4.79 Å². The normalized spacial score (nSPS) is 10.5. The van der Waals surface area contributed by atoms with E-state index in [1.165, 1.54) is 7.11 Å². The van der Waals surface area contributed by atoms with Crippen LogP contribution in [0, 0.1) is 6.92 Å². The Morgan fingerprint density at radius 1 is 1.12 bits per heavy atom. The Morgan fingerprint density at radius 3 is 2.68 bits per heavy atom. The lowest BCUT2D eigenvalue weighted by atomic mass is 10.1. The molecule has 0 fully saturated rings. The van der Waals surface area contributed by atoms with Crippen LogP contribution in [0.2, 0.25) is 0 Å². The molecule has 6 heteroatoms. The van der Waals surface area contributed by atoms with E-state index in [2.05, 4.69) is 15.5 Å². The molecule has 2 aromatic carbocycles. The summed E-state index contributed by atoms with van der Waals surface area (Å²) in [7, 11) is 1.54. The first-order chi connectivity index (χ1) is 12.2. The number of hydrogen-bond donors (Lipinski definition) is 1. The van der Waals surface area contributed by atoms with Gasteiger partial charge in [0.25, 0.3) is 5.91 Å². The first-order valence-corrected chi connectivity index (χ1v) is 7.98. The van der Waals surface area contributed by atoms with Crippen molar-refractivity contribution in [2.24, 2.45) is 0 Å². The Morgan fingerprint density at radius 2 is 1.88 bits per heavy atom. The van der Waals surface area contributed by atoms with Crippen molar-refractivity contribution in [1.29, 1.82) is 0 Å². The highest BCUT2D eigenvalue weighted by Gasteiger charge is 2.13. The number of carbonyl (C=O) groups is 1. The summed E-state index contributed by atoms with van der Waals surface area (Å²) >= 11 is 0. The van der Waals surface area contributed by atoms with Gasteiger partial charge in [0.1, 0.15) is 5.75 Å². The van der Waals surface area contributed by atoms with Crippen molar-refractivity contribution in [2.45, 2.75) is 13.3 Å². The molecule has 0 spiro atoms. The quantitative estimate of drug-likeness (QED) is 0.748. The minimum Gasteiger partial charge on any atom is -0.496 e. The van der Waals surface area contributed by atoms with Crippen LogP contribution in [0.15, 0.2) is 52.9 Å². The molecule has 0 radical (unpaired) electrons. The molecule has 0 atom stereocenters. The number of nitrogens with zero attached hydrogens (tertiary/aromatic N) is 2. The summed E-state index contributed by atoms with van der Waals surface area (Å²) in [5, 5.41) is 11.0. The van der Waals surface area contributed by atoms with Crippen molar-refractivity contribution in [1.82, 2.24) is 15.5 Å². The van der Waals surface area contributed by atoms with Crippen LogP contribution in [0.1, 0.15) is 21.8 Å². The van der Waals surface area contributed by atoms with E-state index in [0.717, 1.165) is 11.1 Å². The number of aromatic nitrogens is 2. The lowest BCUT2D eigenvalue weighted by molar-refractivity contribution is 0.0950. The van der Waals surface area contributed by atoms with Gasteiger partial charge in [0, 0.05) is 18.5 Å². The molecule has 1 heterocycles. The van der Waals surface area contributed by atoms with Crippen molar-refractivity contribution >= 4 is 5.91 Å². The van der Waals surface area contributed by atoms with E-state index < -0.39 is 0 Å². The van der Waals surface area contributed by atoms with Crippen molar-refractivity contribution in [2.75, 3.05) is 13.7 Å². The molecule has 0 saturated carbocycles. The second-order valence-corrected chi connectivity index (χ2v) is 5.52. The van der Waals surface area contributed by atoms with Gasteiger partial charge >= 0.3 is 0 Å². The Labute approximate surface area is 145 Å². The van der Waals surface area contributed by atoms with Crippen LogP contribution >= 0.6 is 0 Å². The van der Waals surface area contributed by atoms with Crippen LogP contribution in [0.4, 0.5) is 0 Å². The van der Waals surface area contributed by atoms with E-state index >= 15 is 0 Å². The predicted molar refractivity (Wildman–Crippen MR) is 93.5 cm³/mol. The average molecular weight is 337 g/mol. The first-order valence-electron chi connectivity index (χ1n) is 7.98. The third kappa shape index (κ3) is 3.85. The Kier molecular flexibility index (Phi) is 5.09. The number of carbonyl (C=O) groups excluding carboxylic acids is 1. The number of para-hydroxylation sites is 1. The highest BCUT2D eigenvalue weighted by Crippen LogP contribution is 2.21. The minimum absolute atomic E-state index is 0.198. The smallest absolute Gasteiger partial charge is 0.255 e. The monoisotopic (exact) mass is 337 g/mol. The zero-order chi connectivity index (χ0) is 17.6. The fourth-order valence-corrected chi connectivity index (χ4v) is 2.49. The van der Waals surface area contributed by atoms with Gasteiger partial charge < -0.3 is 14.5 Å². The van der Waals surface area contributed by atoms with Crippen LogP contribution in [-0.2, 0) is 6.42 Å². The van der Waals surface area contributed by atoms with Crippen molar-refractivity contribution < 1.29 is 13.9 Å². The zero-order valence-corrected chi connectivity index (χ0v) is 14.2. The van der Waals surface area contributed by atoms with Crippen LogP contribution in [0.3, 0.4) is 0 Å². The van der Waals surface area contributed by atoms with Gasteiger partial charge in [0.05, 0.1) is 12.7 Å². The molecule has 0 aliphatic heterocycles. The van der Waals surface area contributed by atoms with Gasteiger partial charge in [-0.3, -0.25) is 4.79 Å². The van der Waals surface area contributed by atoms with Gasteiger partial charge in [0.2, 0.25) is 11.8 Å². The van der Waals surface area contributed by atoms with Crippen LogP contribution in [0.5, 0.6) is 5.75 Å². The standard InChI is InChI=1S/C19H19N3O3/c1-13-7-3-4-8-14(13)19-22-21-17(25-19)11-12-20-18(23)15-9-5-6-10-16(15)24-2/h3-10H,11-12H2,1-2H3,(H,20,23). The second kappa shape index (κ2) is 7.61. The first kappa shape index (κ1) is 16.7. The molecule has 25 heavy (non-hydrogen) atoms. The van der Waals surface area contributed by atoms with Gasteiger partial charge in [-0.25, -0.2) is 0 Å². The van der Waals surface area contributed by atoms with Gasteiger partial charge in [-0.1, -0.05) is 30.3 Å². The number of hydrogen-bond acceptors (Lipinski definition) is 5. The van der Waals surface area contributed by atoms with Gasteiger partial charge in [-0.15, -0.1) is 10.2 Å². The number of methoxy groups -OCH3 is 1. The number of benzene rings is 2. The number of rotatable bonds is 6. The summed E-state index contributed by atoms with van der Waals surface area (Å²) in [5.74, 6) is 1.32. The summed E-state index contributed by atoms with van der Waals surface area (Å²) < 4.78 is 10.9. The maximum Gasteiger partial charge on any atom is 0.255 e. The summed E-state index contributed by atoms with van der Waals surface area (Å²) in [5.41, 5.74) is 2.48. The molecule has 1 amide bonds. The van der Waals surface area contributed by atoms with Gasteiger partial charge in [0.15, 0.2) is 0 Å². The molecule has 0 aliphatic rings. The zero-order valence-electron chi connectivity index (χ0n) is 14.2. The largest absolute Gasteiger partial charge is 0.496 e. The van der Waals surface area contributed by atoms with Crippen LogP contribution < -0.4 is 10.1 Å². The lowest BCUT2D eigenvalue weighted by Gasteiger charge is -2.08. The fraction of sp³-hybridized carbons (Fsp3) is 0.211. The van der Waals surface area contributed by atoms with Gasteiger partial charge in [-0.2, -0.15) is 0 Å². The molecule has 1 aromatic heterocycles. The van der Waals surface area contributed by atoms with Crippen molar-refractivity contribution in [3.05, 3.63) is 65.5 Å². The molecule has 0 aliphatic carbocycles. The summed E-state index contributed by atoms with van der Waals surface area (Å²) in [4.78, 5) is 12.2. The third-order valence-electron chi connectivity index (χ3n) is 3.82. The predicted octanol–water partition coefficient (Wildman–Crippen LogP) is 3.03. The molecule has 0 saturated heterocycles. The molecule has 128 valence electrons. The lowest BCUT2D eigenvalue weighted by Crippen LogP contribution is -2.26. The summed E-state index contributed by atoms with van der Waals surface area (Å²) in [6.07, 6.45) is 0.458. The molecular weight excluding hydrogens is 318 g/mol. The van der Waals surface area contributed by atoms with E-state index in [4.69, 9.17) is 9.15 Å². The SMILES string of the molecule is COc1ccccc1C(=O)NCCc1nnc(-c2ccccc2C)o1. The maximum absolute atomic E-state index is 12.2. The second-order valence-electron chi connectivity index (χ2n) is 5.52. The highest BCUT2D eigenvalue weighted by molar-refractivity contribution is 5.96. The molecule has 3 rings (SSSR count). The molecule has 3 aromatic rings. The average Bonchev–Trinajstić information content (AvgIpc) is 3.10. The number of ether oxygens (including phenoxy) is 1.